The second kappa shape index (κ2) is 6.02. The Morgan fingerprint density at radius 2 is 2.00 bits per heavy atom. The molecular formula is C16H23N3. The van der Waals surface area contributed by atoms with Crippen molar-refractivity contribution in [3.05, 3.63) is 52.8 Å². The number of nitrogens with zero attached hydrogens (tertiary/aromatic N) is 2. The minimum Gasteiger partial charge on any atom is -0.309 e. The van der Waals surface area contributed by atoms with Crippen LogP contribution >= 0.6 is 0 Å². The Balaban J connectivity index is 2.27. The lowest BCUT2D eigenvalue weighted by atomic mass is 9.99. The second-order valence-electron chi connectivity index (χ2n) is 5.13. The summed E-state index contributed by atoms with van der Waals surface area (Å²) in [5, 5.41) is 7.95. The van der Waals surface area contributed by atoms with Crippen LogP contribution in [0.25, 0.3) is 0 Å². The van der Waals surface area contributed by atoms with Gasteiger partial charge in [-0.1, -0.05) is 30.7 Å². The molecule has 1 N–H and O–H groups in total. The Kier molecular flexibility index (Phi) is 4.38. The number of likely N-dealkylation sites (N-methyl/N-ethyl adjacent to an activating group) is 1. The van der Waals surface area contributed by atoms with E-state index >= 15 is 0 Å². The summed E-state index contributed by atoms with van der Waals surface area (Å²) in [6, 6.07) is 9.02. The SMILES string of the molecule is CCNC(Cn1nccc1C)c1ccc(C)cc1C. The van der Waals surface area contributed by atoms with Gasteiger partial charge in [0.15, 0.2) is 0 Å². The highest BCUT2D eigenvalue weighted by Crippen LogP contribution is 2.21. The maximum absolute atomic E-state index is 4.39. The Bertz CT molecular complexity index is 543. The van der Waals surface area contributed by atoms with Crippen LogP contribution < -0.4 is 5.32 Å². The molecule has 102 valence electrons. The van der Waals surface area contributed by atoms with Crippen molar-refractivity contribution >= 4 is 0 Å². The fourth-order valence-electron chi connectivity index (χ4n) is 2.50. The van der Waals surface area contributed by atoms with Gasteiger partial charge in [0.05, 0.1) is 12.6 Å². The van der Waals surface area contributed by atoms with Crippen molar-refractivity contribution < 1.29 is 0 Å². The predicted molar refractivity (Wildman–Crippen MR) is 79.3 cm³/mol. The van der Waals surface area contributed by atoms with E-state index in [1.54, 1.807) is 0 Å². The van der Waals surface area contributed by atoms with Crippen LogP contribution in [0.3, 0.4) is 0 Å². The third kappa shape index (κ3) is 3.24. The topological polar surface area (TPSA) is 29.9 Å². The van der Waals surface area contributed by atoms with Crippen LogP contribution in [0, 0.1) is 20.8 Å². The van der Waals surface area contributed by atoms with Gasteiger partial charge in [-0.25, -0.2) is 0 Å². The standard InChI is InChI=1S/C16H23N3/c1-5-17-16(11-19-14(4)8-9-18-19)15-7-6-12(2)10-13(15)3/h6-10,16-17H,5,11H2,1-4H3. The molecule has 1 heterocycles. The molecule has 0 aliphatic rings. The first-order chi connectivity index (χ1) is 9.11. The minimum absolute atomic E-state index is 0.309. The number of hydrogen-bond acceptors (Lipinski definition) is 2. The molecule has 0 bridgehead atoms. The van der Waals surface area contributed by atoms with E-state index in [-0.39, 0.29) is 0 Å². The number of hydrogen-bond donors (Lipinski definition) is 1. The Labute approximate surface area is 115 Å². The average molecular weight is 257 g/mol. The van der Waals surface area contributed by atoms with E-state index < -0.39 is 0 Å². The average Bonchev–Trinajstić information content (AvgIpc) is 2.75. The lowest BCUT2D eigenvalue weighted by molar-refractivity contribution is 0.441. The molecule has 3 heteroatoms. The molecule has 0 aliphatic carbocycles. The van der Waals surface area contributed by atoms with Crippen molar-refractivity contribution in [2.24, 2.45) is 0 Å². The molecule has 3 nitrogen and oxygen atoms in total. The van der Waals surface area contributed by atoms with Crippen molar-refractivity contribution in [1.82, 2.24) is 15.1 Å². The Morgan fingerprint density at radius 3 is 2.58 bits per heavy atom. The molecule has 1 aromatic heterocycles. The van der Waals surface area contributed by atoms with Gasteiger partial charge in [-0.2, -0.15) is 5.10 Å². The first kappa shape index (κ1) is 13.8. The van der Waals surface area contributed by atoms with Crippen LogP contribution in [0.4, 0.5) is 0 Å². The third-order valence-electron chi connectivity index (χ3n) is 3.54. The van der Waals surface area contributed by atoms with E-state index in [2.05, 4.69) is 61.0 Å². The van der Waals surface area contributed by atoms with E-state index in [1.165, 1.54) is 22.4 Å². The van der Waals surface area contributed by atoms with Gasteiger partial charge >= 0.3 is 0 Å². The molecule has 1 aromatic carbocycles. The van der Waals surface area contributed by atoms with E-state index in [0.29, 0.717) is 6.04 Å². The van der Waals surface area contributed by atoms with E-state index in [1.807, 2.05) is 12.3 Å². The smallest absolute Gasteiger partial charge is 0.0607 e. The van der Waals surface area contributed by atoms with Gasteiger partial charge in [0, 0.05) is 11.9 Å². The molecule has 0 radical (unpaired) electrons. The number of benzene rings is 1. The number of nitrogens with one attached hydrogen (secondary N) is 1. The highest BCUT2D eigenvalue weighted by atomic mass is 15.3. The van der Waals surface area contributed by atoms with Gasteiger partial charge in [0.25, 0.3) is 0 Å². The molecule has 1 unspecified atom stereocenters. The highest BCUT2D eigenvalue weighted by Gasteiger charge is 2.14. The maximum atomic E-state index is 4.39. The second-order valence-corrected chi connectivity index (χ2v) is 5.13. The van der Waals surface area contributed by atoms with Gasteiger partial charge in [0.2, 0.25) is 0 Å². The van der Waals surface area contributed by atoms with Crippen molar-refractivity contribution in [2.75, 3.05) is 6.54 Å². The summed E-state index contributed by atoms with van der Waals surface area (Å²) in [5.41, 5.74) is 5.22. The maximum Gasteiger partial charge on any atom is 0.0607 e. The van der Waals surface area contributed by atoms with Crippen LogP contribution in [0.1, 0.15) is 35.3 Å². The van der Waals surface area contributed by atoms with Crippen molar-refractivity contribution in [3.8, 4) is 0 Å². The summed E-state index contributed by atoms with van der Waals surface area (Å²) in [7, 11) is 0. The first-order valence-electron chi connectivity index (χ1n) is 6.90. The molecule has 0 spiro atoms. The Morgan fingerprint density at radius 1 is 1.21 bits per heavy atom. The van der Waals surface area contributed by atoms with Gasteiger partial charge in [-0.15, -0.1) is 0 Å². The summed E-state index contributed by atoms with van der Waals surface area (Å²) in [6.07, 6.45) is 1.86. The molecule has 2 rings (SSSR count). The zero-order chi connectivity index (χ0) is 13.8. The highest BCUT2D eigenvalue weighted by molar-refractivity contribution is 5.32. The molecule has 0 saturated heterocycles. The molecule has 0 aliphatic heterocycles. The quantitative estimate of drug-likeness (QED) is 0.891. The molecule has 0 fully saturated rings. The van der Waals surface area contributed by atoms with E-state index in [0.717, 1.165) is 13.1 Å². The zero-order valence-electron chi connectivity index (χ0n) is 12.3. The lowest BCUT2D eigenvalue weighted by Gasteiger charge is -2.21. The lowest BCUT2D eigenvalue weighted by Crippen LogP contribution is -2.27. The molecular weight excluding hydrogens is 234 g/mol. The van der Waals surface area contributed by atoms with Crippen molar-refractivity contribution in [2.45, 2.75) is 40.3 Å². The van der Waals surface area contributed by atoms with Crippen LogP contribution in [0.2, 0.25) is 0 Å². The number of aryl methyl sites for hydroxylation is 3. The van der Waals surface area contributed by atoms with Crippen molar-refractivity contribution in [3.63, 3.8) is 0 Å². The molecule has 0 saturated carbocycles. The van der Waals surface area contributed by atoms with Gasteiger partial charge in [-0.3, -0.25) is 4.68 Å². The summed E-state index contributed by atoms with van der Waals surface area (Å²) < 4.78 is 2.06. The van der Waals surface area contributed by atoms with Crippen LogP contribution in [-0.4, -0.2) is 16.3 Å². The largest absolute Gasteiger partial charge is 0.309 e. The van der Waals surface area contributed by atoms with Crippen LogP contribution in [-0.2, 0) is 6.54 Å². The van der Waals surface area contributed by atoms with Gasteiger partial charge < -0.3 is 5.32 Å². The fraction of sp³-hybridized carbons (Fsp3) is 0.438. The third-order valence-corrected chi connectivity index (χ3v) is 3.54. The summed E-state index contributed by atoms with van der Waals surface area (Å²) in [4.78, 5) is 0. The summed E-state index contributed by atoms with van der Waals surface area (Å²) in [5.74, 6) is 0. The van der Waals surface area contributed by atoms with Gasteiger partial charge in [0.1, 0.15) is 0 Å². The molecule has 0 amide bonds. The summed E-state index contributed by atoms with van der Waals surface area (Å²) in [6.45, 7) is 10.4. The normalized spacial score (nSPS) is 12.6. The summed E-state index contributed by atoms with van der Waals surface area (Å²) >= 11 is 0. The Hall–Kier alpha value is -1.61. The van der Waals surface area contributed by atoms with E-state index in [4.69, 9.17) is 0 Å². The molecule has 19 heavy (non-hydrogen) atoms. The van der Waals surface area contributed by atoms with Gasteiger partial charge in [-0.05, 0) is 44.5 Å². The van der Waals surface area contributed by atoms with Crippen LogP contribution in [0.5, 0.6) is 0 Å². The monoisotopic (exact) mass is 257 g/mol. The number of rotatable bonds is 5. The van der Waals surface area contributed by atoms with Crippen molar-refractivity contribution in [1.29, 1.82) is 0 Å². The fourth-order valence-corrected chi connectivity index (χ4v) is 2.50. The molecule has 1 atom stereocenters. The number of aromatic nitrogens is 2. The first-order valence-corrected chi connectivity index (χ1v) is 6.90. The zero-order valence-corrected chi connectivity index (χ0v) is 12.3. The minimum atomic E-state index is 0.309. The predicted octanol–water partition coefficient (Wildman–Crippen LogP) is 3.16. The van der Waals surface area contributed by atoms with E-state index in [9.17, 15) is 0 Å². The van der Waals surface area contributed by atoms with Crippen LogP contribution in [0.15, 0.2) is 30.5 Å². The molecule has 2 aromatic rings.